The van der Waals surface area contributed by atoms with Crippen molar-refractivity contribution in [3.8, 4) is 5.75 Å². The molecule has 1 aromatic rings. The van der Waals surface area contributed by atoms with Gasteiger partial charge in [0.25, 0.3) is 0 Å². The molecule has 36 heavy (non-hydrogen) atoms. The van der Waals surface area contributed by atoms with Gasteiger partial charge in [-0.15, -0.1) is 0 Å². The van der Waals surface area contributed by atoms with Crippen LogP contribution in [0.3, 0.4) is 0 Å². The number of hydrogen-bond acceptors (Lipinski definition) is 7. The lowest BCUT2D eigenvalue weighted by Gasteiger charge is -2.16. The van der Waals surface area contributed by atoms with Gasteiger partial charge in [-0.2, -0.15) is 24.4 Å². The second-order valence-electron chi connectivity index (χ2n) is 9.26. The summed E-state index contributed by atoms with van der Waals surface area (Å²) in [6.07, 6.45) is 5.46. The number of thiol groups is 1. The number of unbranched alkanes of at least 4 members (excludes halogenated alkanes) is 2. The molecule has 0 spiro atoms. The van der Waals surface area contributed by atoms with Crippen molar-refractivity contribution in [3.63, 3.8) is 0 Å². The molecule has 2 fully saturated rings. The van der Waals surface area contributed by atoms with Crippen molar-refractivity contribution in [1.82, 2.24) is 21.3 Å². The fraction of sp³-hybridized carbons (Fsp3) is 0.640. The zero-order valence-electron chi connectivity index (χ0n) is 20.7. The number of hydrogen-bond donors (Lipinski definition) is 6. The molecule has 0 aromatic heterocycles. The predicted molar refractivity (Wildman–Crippen MR) is 146 cm³/mol. The number of thioether (sulfide) groups is 1. The van der Waals surface area contributed by atoms with E-state index in [1.165, 1.54) is 0 Å². The summed E-state index contributed by atoms with van der Waals surface area (Å²) in [6.45, 7) is 1.36. The topological polar surface area (TPSA) is 135 Å². The van der Waals surface area contributed by atoms with Crippen molar-refractivity contribution in [1.29, 1.82) is 0 Å². The molecular formula is C25H39N5O4S2. The average Bonchev–Trinajstić information content (AvgIpc) is 3.43. The standard InChI is InChI=1S/C25H39N5O4S2/c26-19(24(32)28-13-14-34-18-10-8-17(15-35)9-11-18)5-3-4-12-27-22(31)7-2-1-6-21-23-20(16-36-21)29-25(33)30-23/h8-11,19-21,23,35H,1-7,12-16,26H2,(H,27,31)(H,28,32)(H2,29,30,33)/t19-,20+,21+,23+/m1/s1. The molecule has 9 nitrogen and oxygen atoms in total. The van der Waals surface area contributed by atoms with Crippen LogP contribution in [-0.4, -0.2) is 66.7 Å². The monoisotopic (exact) mass is 537 g/mol. The van der Waals surface area contributed by atoms with Gasteiger partial charge in [0.15, 0.2) is 0 Å². The van der Waals surface area contributed by atoms with Gasteiger partial charge in [0.2, 0.25) is 11.8 Å². The number of nitrogens with one attached hydrogen (secondary N) is 4. The Balaban J connectivity index is 1.14. The van der Waals surface area contributed by atoms with Crippen LogP contribution in [0.1, 0.15) is 50.5 Å². The van der Waals surface area contributed by atoms with Gasteiger partial charge in [-0.3, -0.25) is 9.59 Å². The number of urea groups is 1. The average molecular weight is 538 g/mol. The smallest absolute Gasteiger partial charge is 0.315 e. The molecule has 0 saturated carbocycles. The van der Waals surface area contributed by atoms with E-state index >= 15 is 0 Å². The van der Waals surface area contributed by atoms with E-state index in [1.807, 2.05) is 36.0 Å². The van der Waals surface area contributed by atoms with E-state index in [9.17, 15) is 14.4 Å². The first-order valence-electron chi connectivity index (χ1n) is 12.8. The summed E-state index contributed by atoms with van der Waals surface area (Å²) in [4.78, 5) is 35.6. The minimum Gasteiger partial charge on any atom is -0.492 e. The Labute approximate surface area is 223 Å². The number of nitrogens with two attached hydrogens (primary N) is 1. The van der Waals surface area contributed by atoms with Crippen LogP contribution < -0.4 is 31.7 Å². The van der Waals surface area contributed by atoms with E-state index in [1.54, 1.807) is 0 Å². The van der Waals surface area contributed by atoms with Gasteiger partial charge in [0.1, 0.15) is 12.4 Å². The van der Waals surface area contributed by atoms with Gasteiger partial charge in [0.05, 0.1) is 24.7 Å². The maximum Gasteiger partial charge on any atom is 0.315 e. The first-order chi connectivity index (χ1) is 17.5. The Morgan fingerprint density at radius 1 is 1.11 bits per heavy atom. The highest BCUT2D eigenvalue weighted by atomic mass is 32.2. The molecule has 1 aromatic carbocycles. The molecule has 2 heterocycles. The van der Waals surface area contributed by atoms with Gasteiger partial charge >= 0.3 is 6.03 Å². The number of fused-ring (bicyclic) bond motifs is 1. The molecular weight excluding hydrogens is 498 g/mol. The molecule has 0 radical (unpaired) electrons. The lowest BCUT2D eigenvalue weighted by atomic mass is 10.0. The zero-order valence-corrected chi connectivity index (χ0v) is 22.4. The number of rotatable bonds is 16. The fourth-order valence-electron chi connectivity index (χ4n) is 4.38. The van der Waals surface area contributed by atoms with Gasteiger partial charge in [-0.25, -0.2) is 4.79 Å². The van der Waals surface area contributed by atoms with Gasteiger partial charge in [-0.05, 0) is 49.8 Å². The molecule has 3 rings (SSSR count). The molecule has 2 aliphatic heterocycles. The van der Waals surface area contributed by atoms with Crippen LogP contribution in [0.15, 0.2) is 24.3 Å². The summed E-state index contributed by atoms with van der Waals surface area (Å²) in [7, 11) is 0. The van der Waals surface area contributed by atoms with E-state index in [0.29, 0.717) is 43.5 Å². The Bertz CT molecular complexity index is 857. The van der Waals surface area contributed by atoms with E-state index in [0.717, 1.165) is 49.2 Å². The number of ether oxygens (including phenoxy) is 1. The Hall–Kier alpha value is -2.11. The quantitative estimate of drug-likeness (QED) is 0.108. The highest BCUT2D eigenvalue weighted by Crippen LogP contribution is 2.33. The van der Waals surface area contributed by atoms with Crippen molar-refractivity contribution >= 4 is 42.2 Å². The molecule has 4 atom stereocenters. The third kappa shape index (κ3) is 9.40. The van der Waals surface area contributed by atoms with E-state index in [-0.39, 0.29) is 29.9 Å². The van der Waals surface area contributed by atoms with Crippen LogP contribution in [0.4, 0.5) is 4.79 Å². The molecule has 4 amide bonds. The third-order valence-electron chi connectivity index (χ3n) is 6.46. The molecule has 11 heteroatoms. The molecule has 0 aliphatic carbocycles. The van der Waals surface area contributed by atoms with Gasteiger partial charge < -0.3 is 31.7 Å². The normalized spacial score (nSPS) is 21.3. The molecule has 0 bridgehead atoms. The Kier molecular flexibility index (Phi) is 12.0. The largest absolute Gasteiger partial charge is 0.492 e. The van der Waals surface area contributed by atoms with Crippen molar-refractivity contribution in [2.75, 3.05) is 25.4 Å². The van der Waals surface area contributed by atoms with Crippen LogP contribution in [0.5, 0.6) is 5.75 Å². The second kappa shape index (κ2) is 15.2. The van der Waals surface area contributed by atoms with Gasteiger partial charge in [0, 0.05) is 29.7 Å². The fourth-order valence-corrected chi connectivity index (χ4v) is 6.13. The lowest BCUT2D eigenvalue weighted by molar-refractivity contribution is -0.123. The summed E-state index contributed by atoms with van der Waals surface area (Å²) < 4.78 is 5.61. The summed E-state index contributed by atoms with van der Waals surface area (Å²) in [5.41, 5.74) is 7.10. The summed E-state index contributed by atoms with van der Waals surface area (Å²) in [5, 5.41) is 12.1. The van der Waals surface area contributed by atoms with E-state index in [2.05, 4.69) is 33.9 Å². The molecule has 2 saturated heterocycles. The van der Waals surface area contributed by atoms with Crippen LogP contribution >= 0.6 is 24.4 Å². The van der Waals surface area contributed by atoms with Crippen LogP contribution in [0.2, 0.25) is 0 Å². The first kappa shape index (κ1) is 28.5. The van der Waals surface area contributed by atoms with E-state index < -0.39 is 6.04 Å². The van der Waals surface area contributed by atoms with Crippen molar-refractivity contribution in [2.24, 2.45) is 5.73 Å². The van der Waals surface area contributed by atoms with E-state index in [4.69, 9.17) is 10.5 Å². The summed E-state index contributed by atoms with van der Waals surface area (Å²) in [5.74, 6) is 2.27. The lowest BCUT2D eigenvalue weighted by Crippen LogP contribution is -2.42. The van der Waals surface area contributed by atoms with Gasteiger partial charge in [-0.1, -0.05) is 18.6 Å². The Morgan fingerprint density at radius 3 is 2.69 bits per heavy atom. The number of carbonyl (C=O) groups excluding carboxylic acids is 3. The third-order valence-corrected chi connectivity index (χ3v) is 8.33. The van der Waals surface area contributed by atoms with Crippen LogP contribution in [0, 0.1) is 0 Å². The van der Waals surface area contributed by atoms with Crippen molar-refractivity contribution in [3.05, 3.63) is 29.8 Å². The number of amides is 4. The van der Waals surface area contributed by atoms with Crippen molar-refractivity contribution in [2.45, 2.75) is 74.1 Å². The number of carbonyl (C=O) groups is 3. The molecule has 200 valence electrons. The molecule has 2 aliphatic rings. The zero-order chi connectivity index (χ0) is 25.8. The second-order valence-corrected chi connectivity index (χ2v) is 10.8. The number of benzene rings is 1. The minimum absolute atomic E-state index is 0.0603. The summed E-state index contributed by atoms with van der Waals surface area (Å²) >= 11 is 6.12. The predicted octanol–water partition coefficient (Wildman–Crippen LogP) is 1.95. The highest BCUT2D eigenvalue weighted by molar-refractivity contribution is 8.00. The van der Waals surface area contributed by atoms with Crippen LogP contribution in [-0.2, 0) is 15.3 Å². The highest BCUT2D eigenvalue weighted by Gasteiger charge is 2.42. The molecule has 6 N–H and O–H groups in total. The Morgan fingerprint density at radius 2 is 1.92 bits per heavy atom. The molecule has 0 unspecified atom stereocenters. The van der Waals surface area contributed by atoms with Crippen LogP contribution in [0.25, 0.3) is 0 Å². The summed E-state index contributed by atoms with van der Waals surface area (Å²) in [6, 6.07) is 7.53. The minimum atomic E-state index is -0.566. The maximum absolute atomic E-state index is 12.1. The first-order valence-corrected chi connectivity index (χ1v) is 14.5. The van der Waals surface area contributed by atoms with Crippen molar-refractivity contribution < 1.29 is 19.1 Å². The maximum atomic E-state index is 12.1. The SMILES string of the molecule is N[C@H](CCCCNC(=O)CCCC[C@@H]1SC[C@@H]2NC(=O)N[C@@H]21)C(=O)NCCOc1ccc(CS)cc1.